The first-order valence-electron chi connectivity index (χ1n) is 12.8. The van der Waals surface area contributed by atoms with Crippen molar-refractivity contribution < 1.29 is 22.7 Å². The molecule has 39 heavy (non-hydrogen) atoms. The van der Waals surface area contributed by atoms with Crippen molar-refractivity contribution in [2.75, 3.05) is 25.0 Å². The summed E-state index contributed by atoms with van der Waals surface area (Å²) in [6.07, 6.45) is 0.357. The fourth-order valence-electron chi connectivity index (χ4n) is 4.40. The van der Waals surface area contributed by atoms with E-state index in [2.05, 4.69) is 5.32 Å². The fraction of sp³-hybridized carbons (Fsp3) is 0.333. The largest absolute Gasteiger partial charge is 0.495 e. The van der Waals surface area contributed by atoms with Crippen LogP contribution in [0.15, 0.2) is 71.6 Å². The molecule has 0 bridgehead atoms. The van der Waals surface area contributed by atoms with E-state index in [0.717, 1.165) is 26.6 Å². The molecule has 0 radical (unpaired) electrons. The Hall–Kier alpha value is -3.85. The second-order valence-corrected chi connectivity index (χ2v) is 11.3. The van der Waals surface area contributed by atoms with Gasteiger partial charge in [-0.25, -0.2) is 8.42 Å². The van der Waals surface area contributed by atoms with Gasteiger partial charge in [0.1, 0.15) is 18.3 Å². The quantitative estimate of drug-likeness (QED) is 0.382. The third kappa shape index (κ3) is 6.78. The van der Waals surface area contributed by atoms with Crippen LogP contribution in [0.25, 0.3) is 0 Å². The third-order valence-corrected chi connectivity index (χ3v) is 8.50. The second kappa shape index (κ2) is 12.8. The lowest BCUT2D eigenvalue weighted by molar-refractivity contribution is -0.140. The lowest BCUT2D eigenvalue weighted by Gasteiger charge is -2.33. The number of sulfonamides is 1. The smallest absolute Gasteiger partial charge is 0.264 e. The topological polar surface area (TPSA) is 96.0 Å². The van der Waals surface area contributed by atoms with Gasteiger partial charge in [0.15, 0.2) is 0 Å². The minimum Gasteiger partial charge on any atom is -0.495 e. The molecule has 0 spiro atoms. The van der Waals surface area contributed by atoms with Crippen LogP contribution in [-0.2, 0) is 26.2 Å². The second-order valence-electron chi connectivity index (χ2n) is 9.49. The number of methoxy groups -OCH3 is 1. The van der Waals surface area contributed by atoms with Crippen molar-refractivity contribution in [2.24, 2.45) is 0 Å². The summed E-state index contributed by atoms with van der Waals surface area (Å²) in [7, 11) is -1.21. The zero-order valence-corrected chi connectivity index (χ0v) is 24.2. The number of nitrogens with one attached hydrogen (secondary N) is 1. The van der Waals surface area contributed by atoms with Gasteiger partial charge in [0, 0.05) is 13.6 Å². The molecule has 3 rings (SSSR count). The average molecular weight is 552 g/mol. The summed E-state index contributed by atoms with van der Waals surface area (Å²) in [5.74, 6) is -0.513. The molecular formula is C30H37N3O5S. The van der Waals surface area contributed by atoms with E-state index in [4.69, 9.17) is 4.74 Å². The molecule has 0 saturated carbocycles. The average Bonchev–Trinajstić information content (AvgIpc) is 2.92. The molecule has 0 saturated heterocycles. The summed E-state index contributed by atoms with van der Waals surface area (Å²) in [5.41, 5.74) is 3.79. The Bertz CT molecular complexity index is 1420. The highest BCUT2D eigenvalue weighted by Gasteiger charge is 2.34. The van der Waals surface area contributed by atoms with Gasteiger partial charge < -0.3 is 15.0 Å². The van der Waals surface area contributed by atoms with Crippen molar-refractivity contribution in [2.45, 2.75) is 51.6 Å². The van der Waals surface area contributed by atoms with Crippen LogP contribution in [0.2, 0.25) is 0 Å². The predicted molar refractivity (Wildman–Crippen MR) is 153 cm³/mol. The molecule has 8 nitrogen and oxygen atoms in total. The van der Waals surface area contributed by atoms with E-state index in [0.29, 0.717) is 12.2 Å². The van der Waals surface area contributed by atoms with Crippen molar-refractivity contribution in [3.05, 3.63) is 89.0 Å². The number of carbonyl (C=O) groups excluding carboxylic acids is 2. The van der Waals surface area contributed by atoms with E-state index in [-0.39, 0.29) is 23.0 Å². The van der Waals surface area contributed by atoms with Crippen LogP contribution < -0.4 is 14.4 Å². The SMILES string of the molecule is CC[C@@H](C(=O)NC)N(Cc1ccccc1C)C(=O)CN(c1cc(C)ccc1OC)S(=O)(=O)c1ccc(C)cc1. The van der Waals surface area contributed by atoms with Crippen molar-refractivity contribution in [1.82, 2.24) is 10.2 Å². The normalized spacial score (nSPS) is 11.9. The predicted octanol–water partition coefficient (Wildman–Crippen LogP) is 4.37. The van der Waals surface area contributed by atoms with Crippen molar-refractivity contribution in [1.29, 1.82) is 0 Å². The number of hydrogen-bond acceptors (Lipinski definition) is 5. The molecule has 3 aromatic carbocycles. The summed E-state index contributed by atoms with van der Waals surface area (Å²) in [6, 6.07) is 18.5. The highest BCUT2D eigenvalue weighted by molar-refractivity contribution is 7.92. The number of benzene rings is 3. The maximum Gasteiger partial charge on any atom is 0.264 e. The van der Waals surface area contributed by atoms with Crippen LogP contribution in [-0.4, -0.2) is 51.9 Å². The van der Waals surface area contributed by atoms with Gasteiger partial charge >= 0.3 is 0 Å². The maximum absolute atomic E-state index is 14.1. The van der Waals surface area contributed by atoms with Crippen LogP contribution in [0, 0.1) is 20.8 Å². The molecule has 0 fully saturated rings. The fourth-order valence-corrected chi connectivity index (χ4v) is 5.82. The van der Waals surface area contributed by atoms with Gasteiger partial charge in [-0.15, -0.1) is 0 Å². The molecule has 2 amide bonds. The summed E-state index contributed by atoms with van der Waals surface area (Å²) in [5, 5.41) is 2.64. The van der Waals surface area contributed by atoms with E-state index in [1.807, 2.05) is 58.0 Å². The number of nitrogens with zero attached hydrogens (tertiary/aromatic N) is 2. The van der Waals surface area contributed by atoms with Crippen LogP contribution >= 0.6 is 0 Å². The van der Waals surface area contributed by atoms with Crippen LogP contribution in [0.3, 0.4) is 0 Å². The minimum atomic E-state index is -4.18. The number of likely N-dealkylation sites (N-methyl/N-ethyl adjacent to an activating group) is 1. The van der Waals surface area contributed by atoms with Gasteiger partial charge in [-0.1, -0.05) is 55.0 Å². The van der Waals surface area contributed by atoms with Gasteiger partial charge in [-0.05, 0) is 68.1 Å². The van der Waals surface area contributed by atoms with E-state index < -0.39 is 28.5 Å². The first kappa shape index (κ1) is 29.7. The Balaban J connectivity index is 2.14. The highest BCUT2D eigenvalue weighted by atomic mass is 32.2. The third-order valence-electron chi connectivity index (χ3n) is 6.73. The van der Waals surface area contributed by atoms with E-state index in [1.54, 1.807) is 24.3 Å². The van der Waals surface area contributed by atoms with Gasteiger partial charge in [-0.3, -0.25) is 13.9 Å². The summed E-state index contributed by atoms with van der Waals surface area (Å²) in [4.78, 5) is 28.4. The lowest BCUT2D eigenvalue weighted by Crippen LogP contribution is -2.51. The Morgan fingerprint density at radius 3 is 2.18 bits per heavy atom. The standard InChI is InChI=1S/C30H37N3O5S/c1-7-26(30(35)31-5)32(19-24-11-9-8-10-23(24)4)29(34)20-33(27-18-22(3)14-17-28(27)38-6)39(36,37)25-15-12-21(2)13-16-25/h8-18,26H,7,19-20H2,1-6H3,(H,31,35)/t26-/m0/s1. The maximum atomic E-state index is 14.1. The minimum absolute atomic E-state index is 0.0493. The molecule has 0 aromatic heterocycles. The van der Waals surface area contributed by atoms with Gasteiger partial charge in [0.2, 0.25) is 11.8 Å². The first-order valence-corrected chi connectivity index (χ1v) is 14.3. The molecule has 0 unspecified atom stereocenters. The Morgan fingerprint density at radius 2 is 1.59 bits per heavy atom. The molecule has 0 aliphatic carbocycles. The van der Waals surface area contributed by atoms with Crippen molar-refractivity contribution in [3.8, 4) is 5.75 Å². The molecule has 9 heteroatoms. The molecule has 0 aliphatic heterocycles. The van der Waals surface area contributed by atoms with E-state index in [9.17, 15) is 18.0 Å². The molecule has 3 aromatic rings. The molecule has 0 aliphatic rings. The number of amides is 2. The van der Waals surface area contributed by atoms with E-state index >= 15 is 0 Å². The van der Waals surface area contributed by atoms with Crippen molar-refractivity contribution in [3.63, 3.8) is 0 Å². The molecular weight excluding hydrogens is 514 g/mol. The summed E-state index contributed by atoms with van der Waals surface area (Å²) >= 11 is 0. The van der Waals surface area contributed by atoms with Crippen molar-refractivity contribution >= 4 is 27.5 Å². The number of carbonyl (C=O) groups is 2. The zero-order chi connectivity index (χ0) is 28.7. The lowest BCUT2D eigenvalue weighted by atomic mass is 10.1. The number of anilines is 1. The molecule has 1 N–H and O–H groups in total. The first-order chi connectivity index (χ1) is 18.5. The molecule has 208 valence electrons. The highest BCUT2D eigenvalue weighted by Crippen LogP contribution is 2.34. The number of ether oxygens (including phenoxy) is 1. The number of aryl methyl sites for hydroxylation is 3. The van der Waals surface area contributed by atoms with E-state index in [1.165, 1.54) is 31.2 Å². The number of hydrogen-bond donors (Lipinski definition) is 1. The molecule has 0 heterocycles. The summed E-state index contributed by atoms with van der Waals surface area (Å²) in [6.45, 7) is 7.10. The van der Waals surface area contributed by atoms with Crippen LogP contribution in [0.1, 0.15) is 35.6 Å². The van der Waals surface area contributed by atoms with Gasteiger partial charge in [0.25, 0.3) is 10.0 Å². The monoisotopic (exact) mass is 551 g/mol. The Morgan fingerprint density at radius 1 is 0.949 bits per heavy atom. The van der Waals surface area contributed by atoms with Crippen LogP contribution in [0.5, 0.6) is 5.75 Å². The Kier molecular flexibility index (Phi) is 9.75. The summed E-state index contributed by atoms with van der Waals surface area (Å²) < 4.78 is 34.7. The number of rotatable bonds is 11. The zero-order valence-electron chi connectivity index (χ0n) is 23.4. The van der Waals surface area contributed by atoms with Gasteiger partial charge in [-0.2, -0.15) is 0 Å². The van der Waals surface area contributed by atoms with Crippen LogP contribution in [0.4, 0.5) is 5.69 Å². The molecule has 1 atom stereocenters. The Labute approximate surface area is 231 Å². The van der Waals surface area contributed by atoms with Gasteiger partial charge in [0.05, 0.1) is 17.7 Å².